The molecule has 2 fully saturated rings. The van der Waals surface area contributed by atoms with Gasteiger partial charge in [-0.05, 0) is 12.8 Å². The van der Waals surface area contributed by atoms with Crippen molar-refractivity contribution in [2.45, 2.75) is 31.2 Å². The number of methoxy groups -OCH3 is 1. The minimum atomic E-state index is -0.0469. The first-order chi connectivity index (χ1) is 8.74. The topological polar surface area (TPSA) is 62.7 Å². The van der Waals surface area contributed by atoms with Gasteiger partial charge in [-0.2, -0.15) is 0 Å². The van der Waals surface area contributed by atoms with Gasteiger partial charge in [-0.1, -0.05) is 24.6 Å². The van der Waals surface area contributed by atoms with Crippen molar-refractivity contribution in [3.63, 3.8) is 0 Å². The van der Waals surface area contributed by atoms with Gasteiger partial charge in [-0.25, -0.2) is 0 Å². The van der Waals surface area contributed by atoms with Crippen molar-refractivity contribution in [2.75, 3.05) is 32.6 Å². The van der Waals surface area contributed by atoms with Crippen molar-refractivity contribution in [2.24, 2.45) is 4.99 Å². The number of carbonyl (C=O) groups excluding carboxylic acids is 1. The van der Waals surface area contributed by atoms with Crippen molar-refractivity contribution < 1.29 is 9.53 Å². The number of amidine groups is 1. The highest BCUT2D eigenvalue weighted by Crippen LogP contribution is 2.37. The summed E-state index contributed by atoms with van der Waals surface area (Å²) in [5, 5.41) is 7.19. The second-order valence-corrected chi connectivity index (χ2v) is 5.83. The molecule has 0 aromatic carbocycles. The van der Waals surface area contributed by atoms with Crippen molar-refractivity contribution in [1.82, 2.24) is 10.6 Å². The Bertz CT molecular complexity index is 327. The predicted octanol–water partition coefficient (Wildman–Crippen LogP) is 0.754. The number of carbonyl (C=O) groups is 1. The molecule has 102 valence electrons. The molecule has 2 aliphatic rings. The zero-order chi connectivity index (χ0) is 12.8. The number of ether oxygens (including phenoxy) is 1. The number of rotatable bonds is 5. The highest BCUT2D eigenvalue weighted by molar-refractivity contribution is 8.14. The summed E-state index contributed by atoms with van der Waals surface area (Å²) < 4.78 is 4.87. The number of nitrogens with one attached hydrogen (secondary N) is 2. The fourth-order valence-electron chi connectivity index (χ4n) is 2.40. The molecule has 0 bridgehead atoms. The lowest BCUT2D eigenvalue weighted by molar-refractivity contribution is -0.119. The fraction of sp³-hybridized carbons (Fsp3) is 0.833. The van der Waals surface area contributed by atoms with Gasteiger partial charge in [0.2, 0.25) is 5.91 Å². The van der Waals surface area contributed by atoms with Crippen LogP contribution in [0, 0.1) is 0 Å². The molecule has 1 spiro atoms. The molecule has 2 rings (SSSR count). The molecular weight excluding hydrogens is 250 g/mol. The van der Waals surface area contributed by atoms with Crippen molar-refractivity contribution in [1.29, 1.82) is 0 Å². The van der Waals surface area contributed by atoms with E-state index in [1.54, 1.807) is 18.9 Å². The average molecular weight is 271 g/mol. The van der Waals surface area contributed by atoms with E-state index < -0.39 is 0 Å². The average Bonchev–Trinajstić information content (AvgIpc) is 2.98. The largest absolute Gasteiger partial charge is 0.383 e. The van der Waals surface area contributed by atoms with E-state index in [0.717, 1.165) is 10.9 Å². The maximum absolute atomic E-state index is 11.5. The number of aliphatic imine (C=N–C) groups is 1. The van der Waals surface area contributed by atoms with Gasteiger partial charge in [0.25, 0.3) is 0 Å². The first kappa shape index (κ1) is 13.7. The van der Waals surface area contributed by atoms with E-state index in [4.69, 9.17) is 4.74 Å². The third-order valence-electron chi connectivity index (χ3n) is 3.41. The maximum atomic E-state index is 11.5. The fourth-order valence-corrected chi connectivity index (χ4v) is 3.62. The predicted molar refractivity (Wildman–Crippen MR) is 74.0 cm³/mol. The molecule has 0 radical (unpaired) electrons. The Balaban J connectivity index is 1.72. The Morgan fingerprint density at radius 3 is 3.06 bits per heavy atom. The van der Waals surface area contributed by atoms with E-state index in [0.29, 0.717) is 13.2 Å². The summed E-state index contributed by atoms with van der Waals surface area (Å²) in [6.45, 7) is 1.29. The summed E-state index contributed by atoms with van der Waals surface area (Å²) in [4.78, 5) is 15.8. The standard InChI is InChI=1S/C12H21N3O2S/c1-17-7-6-13-10(16)8-14-11-15-12(9-18-11)4-2-3-5-12/h2-9H2,1H3,(H,13,16)(H,14,15). The highest BCUT2D eigenvalue weighted by Gasteiger charge is 2.39. The lowest BCUT2D eigenvalue weighted by Gasteiger charge is -2.21. The normalized spacial score (nSPS) is 23.5. The van der Waals surface area contributed by atoms with Crippen LogP contribution in [0.25, 0.3) is 0 Å². The SMILES string of the molecule is COCCNC(=O)CN=C1NC2(CCCC2)CS1. The molecule has 1 amide bonds. The van der Waals surface area contributed by atoms with Gasteiger partial charge in [0.15, 0.2) is 5.17 Å². The summed E-state index contributed by atoms with van der Waals surface area (Å²) in [6.07, 6.45) is 5.08. The van der Waals surface area contributed by atoms with Gasteiger partial charge >= 0.3 is 0 Å². The quantitative estimate of drug-likeness (QED) is 0.725. The molecule has 6 heteroatoms. The van der Waals surface area contributed by atoms with Crippen LogP contribution in [-0.2, 0) is 9.53 Å². The Hall–Kier alpha value is -0.750. The molecular formula is C12H21N3O2S. The van der Waals surface area contributed by atoms with E-state index in [1.807, 2.05) is 0 Å². The summed E-state index contributed by atoms with van der Waals surface area (Å²) in [6, 6.07) is 0. The second kappa shape index (κ2) is 6.43. The highest BCUT2D eigenvalue weighted by atomic mass is 32.2. The van der Waals surface area contributed by atoms with E-state index in [2.05, 4.69) is 15.6 Å². The number of hydrogen-bond donors (Lipinski definition) is 2. The summed E-state index contributed by atoms with van der Waals surface area (Å²) >= 11 is 1.74. The van der Waals surface area contributed by atoms with Crippen LogP contribution in [-0.4, -0.2) is 49.2 Å². The van der Waals surface area contributed by atoms with Crippen LogP contribution in [0.3, 0.4) is 0 Å². The first-order valence-electron chi connectivity index (χ1n) is 6.45. The third-order valence-corrected chi connectivity index (χ3v) is 4.61. The molecule has 0 aromatic rings. The minimum Gasteiger partial charge on any atom is -0.383 e. The lowest BCUT2D eigenvalue weighted by Crippen LogP contribution is -2.41. The van der Waals surface area contributed by atoms with Gasteiger partial charge in [-0.3, -0.25) is 9.79 Å². The zero-order valence-corrected chi connectivity index (χ0v) is 11.6. The van der Waals surface area contributed by atoms with Crippen LogP contribution < -0.4 is 10.6 Å². The van der Waals surface area contributed by atoms with E-state index in [9.17, 15) is 4.79 Å². The van der Waals surface area contributed by atoms with Crippen molar-refractivity contribution in [3.05, 3.63) is 0 Å². The molecule has 0 unspecified atom stereocenters. The zero-order valence-electron chi connectivity index (χ0n) is 10.8. The molecule has 1 saturated heterocycles. The van der Waals surface area contributed by atoms with E-state index in [1.165, 1.54) is 25.7 Å². The molecule has 0 aromatic heterocycles. The van der Waals surface area contributed by atoms with Gasteiger partial charge in [-0.15, -0.1) is 0 Å². The number of hydrogen-bond acceptors (Lipinski definition) is 4. The molecule has 1 heterocycles. The van der Waals surface area contributed by atoms with Crippen LogP contribution in [0.2, 0.25) is 0 Å². The van der Waals surface area contributed by atoms with Crippen molar-refractivity contribution in [3.8, 4) is 0 Å². The van der Waals surface area contributed by atoms with E-state index in [-0.39, 0.29) is 18.0 Å². The molecule has 5 nitrogen and oxygen atoms in total. The van der Waals surface area contributed by atoms with Crippen LogP contribution in [0.15, 0.2) is 4.99 Å². The van der Waals surface area contributed by atoms with Crippen molar-refractivity contribution >= 4 is 22.8 Å². The summed E-state index contributed by atoms with van der Waals surface area (Å²) in [7, 11) is 1.62. The lowest BCUT2D eigenvalue weighted by atomic mass is 10.0. The van der Waals surface area contributed by atoms with Crippen LogP contribution >= 0.6 is 11.8 Å². The molecule has 1 aliphatic carbocycles. The second-order valence-electron chi connectivity index (χ2n) is 4.87. The first-order valence-corrected chi connectivity index (χ1v) is 7.44. The van der Waals surface area contributed by atoms with Gasteiger partial charge in [0.05, 0.1) is 6.61 Å². The Labute approximate surface area is 112 Å². The Morgan fingerprint density at radius 1 is 1.56 bits per heavy atom. The molecule has 1 aliphatic heterocycles. The van der Waals surface area contributed by atoms with Gasteiger partial charge in [0, 0.05) is 24.9 Å². The van der Waals surface area contributed by atoms with Gasteiger partial charge in [0.1, 0.15) is 6.54 Å². The minimum absolute atomic E-state index is 0.0469. The molecule has 1 saturated carbocycles. The third kappa shape index (κ3) is 3.62. The van der Waals surface area contributed by atoms with Crippen LogP contribution in [0.4, 0.5) is 0 Å². The number of thioether (sulfide) groups is 1. The molecule has 0 atom stereocenters. The van der Waals surface area contributed by atoms with Gasteiger partial charge < -0.3 is 15.4 Å². The summed E-state index contributed by atoms with van der Waals surface area (Å²) in [5.74, 6) is 1.05. The van der Waals surface area contributed by atoms with Crippen LogP contribution in [0.1, 0.15) is 25.7 Å². The number of amides is 1. The Morgan fingerprint density at radius 2 is 2.33 bits per heavy atom. The Kier molecular flexibility index (Phi) is 4.88. The molecule has 18 heavy (non-hydrogen) atoms. The summed E-state index contributed by atoms with van der Waals surface area (Å²) in [5.41, 5.74) is 0.274. The monoisotopic (exact) mass is 271 g/mol. The molecule has 2 N–H and O–H groups in total. The smallest absolute Gasteiger partial charge is 0.241 e. The van der Waals surface area contributed by atoms with E-state index >= 15 is 0 Å². The number of nitrogens with zero attached hydrogens (tertiary/aromatic N) is 1. The maximum Gasteiger partial charge on any atom is 0.241 e. The van der Waals surface area contributed by atoms with Crippen LogP contribution in [0.5, 0.6) is 0 Å².